The lowest BCUT2D eigenvalue weighted by Gasteiger charge is -2.11. The third-order valence-corrected chi connectivity index (χ3v) is 4.61. The predicted molar refractivity (Wildman–Crippen MR) is 100 cm³/mol. The van der Waals surface area contributed by atoms with Crippen LogP contribution in [-0.2, 0) is 0 Å². The van der Waals surface area contributed by atoms with Gasteiger partial charge in [0.2, 0.25) is 0 Å². The van der Waals surface area contributed by atoms with Crippen LogP contribution in [0.1, 0.15) is 18.1 Å². The van der Waals surface area contributed by atoms with Gasteiger partial charge in [-0.25, -0.2) is 0 Å². The van der Waals surface area contributed by atoms with Crippen molar-refractivity contribution in [3.63, 3.8) is 0 Å². The summed E-state index contributed by atoms with van der Waals surface area (Å²) >= 11 is 0. The van der Waals surface area contributed by atoms with E-state index in [1.165, 1.54) is 5.39 Å². The summed E-state index contributed by atoms with van der Waals surface area (Å²) in [6.45, 7) is 2.20. The van der Waals surface area contributed by atoms with Crippen molar-refractivity contribution < 1.29 is 9.15 Å². The SMILES string of the molecule is CN1CC(c2cc3ccccc3o2)CC1=NCCOc1ccccc1. The number of hydrogen-bond donors (Lipinski definition) is 0. The molecule has 0 saturated carbocycles. The fourth-order valence-corrected chi connectivity index (χ4v) is 3.31. The standard InChI is InChI=1S/C21H22N2O2/c1-23-15-17(20-13-16-7-5-6-10-19(16)25-20)14-21(23)22-11-12-24-18-8-3-2-4-9-18/h2-10,13,17H,11-12,14-15H2,1H3. The summed E-state index contributed by atoms with van der Waals surface area (Å²) in [5, 5.41) is 1.17. The average molecular weight is 334 g/mol. The van der Waals surface area contributed by atoms with Crippen LogP contribution in [0.3, 0.4) is 0 Å². The number of nitrogens with zero attached hydrogens (tertiary/aromatic N) is 2. The molecule has 3 aromatic rings. The molecule has 0 radical (unpaired) electrons. The van der Waals surface area contributed by atoms with Gasteiger partial charge in [0, 0.05) is 31.3 Å². The van der Waals surface area contributed by atoms with Crippen LogP contribution in [0.25, 0.3) is 11.0 Å². The topological polar surface area (TPSA) is 38.0 Å². The minimum absolute atomic E-state index is 0.367. The molecule has 1 aliphatic rings. The minimum Gasteiger partial charge on any atom is -0.492 e. The Labute approximate surface area is 147 Å². The monoisotopic (exact) mass is 334 g/mol. The molecule has 0 amide bonds. The summed E-state index contributed by atoms with van der Waals surface area (Å²) in [5.74, 6) is 3.44. The fourth-order valence-electron chi connectivity index (χ4n) is 3.31. The van der Waals surface area contributed by atoms with Crippen LogP contribution in [0.5, 0.6) is 5.75 Å². The Kier molecular flexibility index (Phi) is 4.42. The molecular formula is C21H22N2O2. The Morgan fingerprint density at radius 1 is 1.12 bits per heavy atom. The van der Waals surface area contributed by atoms with Crippen molar-refractivity contribution in [2.75, 3.05) is 26.7 Å². The second kappa shape index (κ2) is 7.01. The van der Waals surface area contributed by atoms with Gasteiger partial charge in [-0.3, -0.25) is 4.99 Å². The molecule has 2 heterocycles. The summed E-state index contributed by atoms with van der Waals surface area (Å²) < 4.78 is 11.7. The van der Waals surface area contributed by atoms with Crippen molar-refractivity contribution in [3.05, 3.63) is 66.4 Å². The molecule has 2 aromatic carbocycles. The van der Waals surface area contributed by atoms with E-state index in [-0.39, 0.29) is 0 Å². The van der Waals surface area contributed by atoms with E-state index in [0.717, 1.165) is 35.9 Å². The number of ether oxygens (including phenoxy) is 1. The molecular weight excluding hydrogens is 312 g/mol. The molecule has 4 rings (SSSR count). The first kappa shape index (κ1) is 15.8. The average Bonchev–Trinajstić information content (AvgIpc) is 3.23. The Morgan fingerprint density at radius 3 is 2.76 bits per heavy atom. The van der Waals surface area contributed by atoms with E-state index in [2.05, 4.69) is 24.1 Å². The van der Waals surface area contributed by atoms with Gasteiger partial charge in [-0.15, -0.1) is 0 Å². The normalized spacial score (nSPS) is 19.0. The summed E-state index contributed by atoms with van der Waals surface area (Å²) in [4.78, 5) is 6.95. The van der Waals surface area contributed by atoms with Crippen LogP contribution in [0.4, 0.5) is 0 Å². The zero-order chi connectivity index (χ0) is 17.1. The maximum Gasteiger partial charge on any atom is 0.134 e. The molecule has 0 aliphatic carbocycles. The van der Waals surface area contributed by atoms with Crippen molar-refractivity contribution in [1.82, 2.24) is 4.90 Å². The van der Waals surface area contributed by atoms with Gasteiger partial charge in [0.25, 0.3) is 0 Å². The van der Waals surface area contributed by atoms with Gasteiger partial charge < -0.3 is 14.1 Å². The lowest BCUT2D eigenvalue weighted by Crippen LogP contribution is -2.20. The molecule has 1 saturated heterocycles. The molecule has 1 atom stereocenters. The van der Waals surface area contributed by atoms with Crippen molar-refractivity contribution in [3.8, 4) is 5.75 Å². The minimum atomic E-state index is 0.367. The number of amidine groups is 1. The Balaban J connectivity index is 1.37. The second-order valence-corrected chi connectivity index (χ2v) is 6.43. The van der Waals surface area contributed by atoms with Gasteiger partial charge in [-0.05, 0) is 24.3 Å². The molecule has 25 heavy (non-hydrogen) atoms. The molecule has 1 aliphatic heterocycles. The molecule has 1 fully saturated rings. The smallest absolute Gasteiger partial charge is 0.134 e. The van der Waals surface area contributed by atoms with E-state index >= 15 is 0 Å². The van der Waals surface area contributed by atoms with Crippen LogP contribution >= 0.6 is 0 Å². The van der Waals surface area contributed by atoms with Crippen molar-refractivity contribution in [2.45, 2.75) is 12.3 Å². The lowest BCUT2D eigenvalue weighted by atomic mass is 10.1. The van der Waals surface area contributed by atoms with E-state index in [1.807, 2.05) is 48.5 Å². The Hall–Kier alpha value is -2.75. The van der Waals surface area contributed by atoms with E-state index < -0.39 is 0 Å². The van der Waals surface area contributed by atoms with Crippen LogP contribution in [-0.4, -0.2) is 37.5 Å². The second-order valence-electron chi connectivity index (χ2n) is 6.43. The molecule has 0 bridgehead atoms. The molecule has 1 unspecified atom stereocenters. The van der Waals surface area contributed by atoms with E-state index in [1.54, 1.807) is 0 Å². The summed E-state index contributed by atoms with van der Waals surface area (Å²) in [6, 6.07) is 20.2. The summed E-state index contributed by atoms with van der Waals surface area (Å²) in [7, 11) is 2.10. The van der Waals surface area contributed by atoms with E-state index in [4.69, 9.17) is 14.1 Å². The predicted octanol–water partition coefficient (Wildman–Crippen LogP) is 4.33. The van der Waals surface area contributed by atoms with Crippen molar-refractivity contribution in [2.24, 2.45) is 4.99 Å². The van der Waals surface area contributed by atoms with Gasteiger partial charge in [-0.2, -0.15) is 0 Å². The number of fused-ring (bicyclic) bond motifs is 1. The number of rotatable bonds is 5. The number of aliphatic imine (C=N–C) groups is 1. The lowest BCUT2D eigenvalue weighted by molar-refractivity contribution is 0.328. The van der Waals surface area contributed by atoms with Gasteiger partial charge in [0.1, 0.15) is 23.7 Å². The third-order valence-electron chi connectivity index (χ3n) is 4.61. The van der Waals surface area contributed by atoms with E-state index in [9.17, 15) is 0 Å². The number of hydrogen-bond acceptors (Lipinski definition) is 3. The molecule has 4 heteroatoms. The fraction of sp³-hybridized carbons (Fsp3) is 0.286. The zero-order valence-corrected chi connectivity index (χ0v) is 14.4. The Bertz CT molecular complexity index is 837. The van der Waals surface area contributed by atoms with Crippen LogP contribution in [0, 0.1) is 0 Å². The highest BCUT2D eigenvalue weighted by Crippen LogP contribution is 2.32. The van der Waals surface area contributed by atoms with Gasteiger partial charge in [0.05, 0.1) is 12.4 Å². The number of likely N-dealkylation sites (tertiary alicyclic amines) is 1. The number of likely N-dealkylation sites (N-methyl/N-ethyl adjacent to an activating group) is 1. The van der Waals surface area contributed by atoms with Gasteiger partial charge in [0.15, 0.2) is 0 Å². The largest absolute Gasteiger partial charge is 0.492 e. The molecule has 0 spiro atoms. The van der Waals surface area contributed by atoms with Crippen LogP contribution in [0.15, 0.2) is 70.1 Å². The highest BCUT2D eigenvalue weighted by atomic mass is 16.5. The van der Waals surface area contributed by atoms with Crippen molar-refractivity contribution in [1.29, 1.82) is 0 Å². The number of para-hydroxylation sites is 2. The first-order valence-electron chi connectivity index (χ1n) is 8.70. The molecule has 128 valence electrons. The number of benzene rings is 2. The third kappa shape index (κ3) is 3.53. The first-order valence-corrected chi connectivity index (χ1v) is 8.70. The quantitative estimate of drug-likeness (QED) is 0.652. The molecule has 0 N–H and O–H groups in total. The zero-order valence-electron chi connectivity index (χ0n) is 14.4. The highest BCUT2D eigenvalue weighted by molar-refractivity contribution is 5.85. The number of furan rings is 1. The van der Waals surface area contributed by atoms with Crippen LogP contribution < -0.4 is 4.74 Å². The summed E-state index contributed by atoms with van der Waals surface area (Å²) in [6.07, 6.45) is 0.918. The van der Waals surface area contributed by atoms with Gasteiger partial charge in [-0.1, -0.05) is 36.4 Å². The molecule has 1 aromatic heterocycles. The highest BCUT2D eigenvalue weighted by Gasteiger charge is 2.28. The van der Waals surface area contributed by atoms with Gasteiger partial charge >= 0.3 is 0 Å². The van der Waals surface area contributed by atoms with Crippen LogP contribution in [0.2, 0.25) is 0 Å². The molecule has 4 nitrogen and oxygen atoms in total. The maximum atomic E-state index is 6.03. The first-order chi connectivity index (χ1) is 12.3. The Morgan fingerprint density at radius 2 is 1.92 bits per heavy atom. The van der Waals surface area contributed by atoms with E-state index in [0.29, 0.717) is 19.1 Å². The van der Waals surface area contributed by atoms with Crippen molar-refractivity contribution >= 4 is 16.8 Å². The maximum absolute atomic E-state index is 6.03. The summed E-state index contributed by atoms with van der Waals surface area (Å²) in [5.41, 5.74) is 0.960.